The molecular weight excluding hydrogens is 495 g/mol. The molecule has 1 unspecified atom stereocenters. The minimum Gasteiger partial charge on any atom is -0.383 e. The number of pyridine rings is 1. The van der Waals surface area contributed by atoms with Gasteiger partial charge >= 0.3 is 0 Å². The van der Waals surface area contributed by atoms with Crippen LogP contribution in [0.3, 0.4) is 0 Å². The number of aliphatic hydroxyl groups is 1. The fourth-order valence-corrected chi connectivity index (χ4v) is 3.40. The number of alkyl halides is 1. The second-order valence-corrected chi connectivity index (χ2v) is 7.73. The first-order valence-electron chi connectivity index (χ1n) is 9.03. The highest BCUT2D eigenvalue weighted by Gasteiger charge is 2.23. The Hall–Kier alpha value is -3.17. The monoisotopic (exact) mass is 512 g/mol. The van der Waals surface area contributed by atoms with Crippen molar-refractivity contribution < 1.29 is 5.11 Å². The first-order valence-corrected chi connectivity index (χ1v) is 10.6. The summed E-state index contributed by atoms with van der Waals surface area (Å²) in [4.78, 5) is 13.2. The minimum atomic E-state index is -1.02. The van der Waals surface area contributed by atoms with Crippen LogP contribution in [0.25, 0.3) is 22.4 Å². The van der Waals surface area contributed by atoms with Crippen LogP contribution in [0, 0.1) is 11.3 Å². The normalized spacial score (nSPS) is 13.1. The van der Waals surface area contributed by atoms with Crippen LogP contribution < -0.4 is 5.73 Å². The van der Waals surface area contributed by atoms with Crippen molar-refractivity contribution in [3.63, 3.8) is 0 Å². The van der Waals surface area contributed by atoms with Gasteiger partial charge in [-0.15, -0.1) is 5.10 Å². The third-order valence-corrected chi connectivity index (χ3v) is 6.06. The number of rotatable bonds is 5. The predicted octanol–water partition coefficient (Wildman–Crippen LogP) is 2.43. The molecule has 0 amide bonds. The van der Waals surface area contributed by atoms with Crippen molar-refractivity contribution in [1.82, 2.24) is 29.9 Å². The van der Waals surface area contributed by atoms with Crippen molar-refractivity contribution in [3.8, 4) is 17.3 Å². The molecule has 1 atom stereocenters. The Kier molecular flexibility index (Phi) is 5.31. The van der Waals surface area contributed by atoms with E-state index in [1.54, 1.807) is 35.9 Å². The van der Waals surface area contributed by atoms with Crippen molar-refractivity contribution >= 4 is 39.7 Å². The van der Waals surface area contributed by atoms with E-state index < -0.39 is 5.60 Å². The summed E-state index contributed by atoms with van der Waals surface area (Å²) in [6, 6.07) is 14.6. The summed E-state index contributed by atoms with van der Waals surface area (Å²) < 4.78 is 2.11. The van der Waals surface area contributed by atoms with E-state index in [0.717, 1.165) is 0 Å². The Morgan fingerprint density at radius 1 is 1.20 bits per heavy atom. The second kappa shape index (κ2) is 7.92. The van der Waals surface area contributed by atoms with Gasteiger partial charge in [-0.05, 0) is 31.2 Å². The average molecular weight is 512 g/mol. The summed E-state index contributed by atoms with van der Waals surface area (Å²) in [5, 5.41) is 28.1. The fraction of sp³-hybridized carbons (Fsp3) is 0.200. The Morgan fingerprint density at radius 3 is 2.77 bits per heavy atom. The number of aromatic nitrogens is 6. The van der Waals surface area contributed by atoms with Crippen LogP contribution in [0.15, 0.2) is 42.5 Å². The molecule has 0 fully saturated rings. The quantitative estimate of drug-likeness (QED) is 0.307. The maximum Gasteiger partial charge on any atom is 0.222 e. The number of nitriles is 1. The molecule has 0 saturated carbocycles. The number of halogens is 1. The number of anilines is 1. The lowest BCUT2D eigenvalue weighted by molar-refractivity contribution is 0.0821. The van der Waals surface area contributed by atoms with Gasteiger partial charge in [0.25, 0.3) is 0 Å². The zero-order chi connectivity index (χ0) is 21.3. The fourth-order valence-electron chi connectivity index (χ4n) is 3.01. The maximum absolute atomic E-state index is 10.5. The predicted molar refractivity (Wildman–Crippen MR) is 119 cm³/mol. The summed E-state index contributed by atoms with van der Waals surface area (Å²) >= 11 is 2.13. The molecule has 3 aromatic heterocycles. The number of nitrogen functional groups attached to an aromatic ring is 1. The first-order chi connectivity index (χ1) is 14.4. The number of nitrogens with zero attached hydrogens (tertiary/aromatic N) is 7. The van der Waals surface area contributed by atoms with Crippen molar-refractivity contribution in [2.24, 2.45) is 0 Å². The van der Waals surface area contributed by atoms with Crippen LogP contribution in [0.4, 0.5) is 5.95 Å². The topological polar surface area (TPSA) is 139 Å². The zero-order valence-electron chi connectivity index (χ0n) is 16.0. The van der Waals surface area contributed by atoms with E-state index in [4.69, 9.17) is 5.73 Å². The van der Waals surface area contributed by atoms with E-state index in [9.17, 15) is 10.4 Å². The van der Waals surface area contributed by atoms with Crippen LogP contribution in [0.5, 0.6) is 0 Å². The van der Waals surface area contributed by atoms with Crippen LogP contribution in [0.1, 0.15) is 23.9 Å². The zero-order valence-corrected chi connectivity index (χ0v) is 18.1. The molecule has 0 aliphatic rings. The van der Waals surface area contributed by atoms with Gasteiger partial charge in [0.1, 0.15) is 11.3 Å². The van der Waals surface area contributed by atoms with Crippen molar-refractivity contribution in [1.29, 1.82) is 5.26 Å². The Labute approximate surface area is 185 Å². The molecule has 0 aliphatic heterocycles. The smallest absolute Gasteiger partial charge is 0.222 e. The largest absolute Gasteiger partial charge is 0.383 e. The number of fused-ring (bicyclic) bond motifs is 1. The molecular formula is C20H17IN8O. The van der Waals surface area contributed by atoms with Gasteiger partial charge in [0.15, 0.2) is 11.2 Å². The number of hydrogen-bond acceptors (Lipinski definition) is 8. The van der Waals surface area contributed by atoms with Crippen LogP contribution in [-0.4, -0.2) is 39.5 Å². The van der Waals surface area contributed by atoms with Crippen LogP contribution in [-0.2, 0) is 12.1 Å². The lowest BCUT2D eigenvalue weighted by atomic mass is 10.0. The van der Waals surface area contributed by atoms with E-state index in [1.165, 1.54) is 0 Å². The highest BCUT2D eigenvalue weighted by Crippen LogP contribution is 2.26. The van der Waals surface area contributed by atoms with Crippen LogP contribution in [0.2, 0.25) is 0 Å². The standard InChI is InChI=1S/C20H17IN8O/c1-20(30,11-21)15-7-3-6-14(24-15)10-29-18-17(27-28-29)16(25-19(23)26-18)13-5-2-4-12(8-13)9-22/h2-8,30H,10-11H2,1H3,(H2,23,25,26). The Balaban J connectivity index is 1.77. The third kappa shape index (κ3) is 3.81. The summed E-state index contributed by atoms with van der Waals surface area (Å²) in [6.45, 7) is 2.03. The Morgan fingerprint density at radius 2 is 2.00 bits per heavy atom. The molecule has 3 heterocycles. The highest BCUT2D eigenvalue weighted by atomic mass is 127. The first kappa shape index (κ1) is 20.1. The summed E-state index contributed by atoms with van der Waals surface area (Å²) in [5.41, 5.74) is 8.89. The molecule has 0 spiro atoms. The molecule has 30 heavy (non-hydrogen) atoms. The van der Waals surface area contributed by atoms with Gasteiger partial charge in [-0.3, -0.25) is 4.98 Å². The second-order valence-electron chi connectivity index (χ2n) is 6.96. The lowest BCUT2D eigenvalue weighted by Gasteiger charge is -2.20. The SMILES string of the molecule is CC(O)(CI)c1cccc(Cn2nnc3c(-c4cccc(C#N)c4)nc(N)nc32)n1. The third-order valence-electron chi connectivity index (χ3n) is 4.58. The summed E-state index contributed by atoms with van der Waals surface area (Å²) in [5.74, 6) is 0.0814. The molecule has 0 saturated heterocycles. The van der Waals surface area contributed by atoms with Gasteiger partial charge in [-0.1, -0.05) is 46.0 Å². The van der Waals surface area contributed by atoms with Crippen molar-refractivity contribution in [2.75, 3.05) is 10.2 Å². The van der Waals surface area contributed by atoms with Gasteiger partial charge in [0.05, 0.1) is 29.6 Å². The van der Waals surface area contributed by atoms with Gasteiger partial charge in [0.2, 0.25) is 5.95 Å². The number of hydrogen-bond donors (Lipinski definition) is 2. The van der Waals surface area contributed by atoms with E-state index in [0.29, 0.717) is 50.3 Å². The van der Waals surface area contributed by atoms with Crippen molar-refractivity contribution in [3.05, 3.63) is 59.4 Å². The molecule has 0 radical (unpaired) electrons. The van der Waals surface area contributed by atoms with Crippen molar-refractivity contribution in [2.45, 2.75) is 19.1 Å². The molecule has 0 bridgehead atoms. The molecule has 9 nitrogen and oxygen atoms in total. The van der Waals surface area contributed by atoms with E-state index >= 15 is 0 Å². The van der Waals surface area contributed by atoms with E-state index in [1.807, 2.05) is 18.2 Å². The maximum atomic E-state index is 10.5. The molecule has 150 valence electrons. The Bertz CT molecular complexity index is 1280. The van der Waals surface area contributed by atoms with Gasteiger partial charge in [0, 0.05) is 9.99 Å². The number of nitrogens with two attached hydrogens (primary N) is 1. The van der Waals surface area contributed by atoms with Gasteiger partial charge in [-0.25, -0.2) is 9.67 Å². The lowest BCUT2D eigenvalue weighted by Crippen LogP contribution is -2.25. The summed E-state index contributed by atoms with van der Waals surface area (Å²) in [6.07, 6.45) is 0. The molecule has 10 heteroatoms. The molecule has 0 aliphatic carbocycles. The minimum absolute atomic E-state index is 0.0814. The molecule has 1 aromatic carbocycles. The average Bonchev–Trinajstić information content (AvgIpc) is 3.15. The molecule has 4 rings (SSSR count). The van der Waals surface area contributed by atoms with Gasteiger partial charge < -0.3 is 10.8 Å². The molecule has 4 aromatic rings. The van der Waals surface area contributed by atoms with Crippen LogP contribution >= 0.6 is 22.6 Å². The van der Waals surface area contributed by atoms with Gasteiger partial charge in [-0.2, -0.15) is 10.2 Å². The molecule has 3 N–H and O–H groups in total. The summed E-state index contributed by atoms with van der Waals surface area (Å²) in [7, 11) is 0. The number of benzene rings is 1. The van der Waals surface area contributed by atoms with E-state index in [2.05, 4.69) is 53.9 Å². The highest BCUT2D eigenvalue weighted by molar-refractivity contribution is 14.1. The van der Waals surface area contributed by atoms with E-state index in [-0.39, 0.29) is 5.95 Å².